The second-order valence-electron chi connectivity index (χ2n) is 9.54. The molecule has 0 saturated heterocycles. The molecule has 0 aliphatic heterocycles. The van der Waals surface area contributed by atoms with Gasteiger partial charge in [-0.15, -0.1) is 0 Å². The molecule has 4 aliphatic carbocycles. The summed E-state index contributed by atoms with van der Waals surface area (Å²) in [6.07, 6.45) is 5.49. The maximum absolute atomic E-state index is 13.4. The number of carbonyl (C=O) groups is 2. The van der Waals surface area contributed by atoms with Crippen LogP contribution < -0.4 is 0 Å². The Kier molecular flexibility index (Phi) is 5.52. The summed E-state index contributed by atoms with van der Waals surface area (Å²) in [7, 11) is -0.903. The number of nitrogens with zero attached hydrogens (tertiary/aromatic N) is 1. The highest BCUT2D eigenvalue weighted by molar-refractivity contribution is 7.89. The molecule has 1 atom stereocenters. The summed E-state index contributed by atoms with van der Waals surface area (Å²) in [5.41, 5.74) is -0.418. The largest absolute Gasteiger partial charge is 0.451 e. The van der Waals surface area contributed by atoms with Crippen LogP contribution in [0.4, 0.5) is 0 Å². The van der Waals surface area contributed by atoms with Crippen molar-refractivity contribution in [1.29, 1.82) is 0 Å². The number of halogens is 1. The molecule has 0 unspecified atom stereocenters. The molecule has 0 amide bonds. The second kappa shape index (κ2) is 7.61. The first-order valence-corrected chi connectivity index (χ1v) is 12.3. The van der Waals surface area contributed by atoms with Crippen LogP contribution in [0.5, 0.6) is 0 Å². The molecule has 1 aromatic rings. The van der Waals surface area contributed by atoms with Gasteiger partial charge in [-0.05, 0) is 81.4 Å². The van der Waals surface area contributed by atoms with Crippen LogP contribution in [0.1, 0.15) is 55.8 Å². The quantitative estimate of drug-likeness (QED) is 0.610. The summed E-state index contributed by atoms with van der Waals surface area (Å²) in [4.78, 5) is 26.1. The van der Waals surface area contributed by atoms with E-state index >= 15 is 0 Å². The summed E-state index contributed by atoms with van der Waals surface area (Å²) >= 11 is 6.15. The molecule has 0 N–H and O–H groups in total. The smallest absolute Gasteiger partial charge is 0.340 e. The molecule has 4 bridgehead atoms. The molecule has 30 heavy (non-hydrogen) atoms. The SMILES string of the molecule is C[C@H](OC(=O)c1cc(S(=O)(=O)N(C)C)ccc1Cl)C(=O)C12CC3CC(CC(C3)C1)C2. The fraction of sp³-hybridized carbons (Fsp3) is 0.636. The van der Waals surface area contributed by atoms with Crippen molar-refractivity contribution in [3.63, 3.8) is 0 Å². The van der Waals surface area contributed by atoms with Crippen LogP contribution in [0.25, 0.3) is 0 Å². The van der Waals surface area contributed by atoms with Crippen LogP contribution in [-0.2, 0) is 19.6 Å². The van der Waals surface area contributed by atoms with E-state index in [1.807, 2.05) is 0 Å². The van der Waals surface area contributed by atoms with Gasteiger partial charge in [-0.1, -0.05) is 11.6 Å². The van der Waals surface area contributed by atoms with Crippen molar-refractivity contribution in [3.8, 4) is 0 Å². The monoisotopic (exact) mass is 453 g/mol. The van der Waals surface area contributed by atoms with E-state index in [2.05, 4.69) is 0 Å². The zero-order valence-corrected chi connectivity index (χ0v) is 19.1. The number of rotatable bonds is 6. The highest BCUT2D eigenvalue weighted by atomic mass is 35.5. The van der Waals surface area contributed by atoms with Gasteiger partial charge in [0.1, 0.15) is 0 Å². The Morgan fingerprint density at radius 2 is 1.63 bits per heavy atom. The minimum atomic E-state index is -3.73. The highest BCUT2D eigenvalue weighted by Crippen LogP contribution is 2.60. The third kappa shape index (κ3) is 3.69. The van der Waals surface area contributed by atoms with E-state index in [0.29, 0.717) is 17.8 Å². The molecule has 4 aliphatic rings. The van der Waals surface area contributed by atoms with Crippen molar-refractivity contribution in [1.82, 2.24) is 4.31 Å². The predicted octanol–water partition coefficient (Wildman–Crippen LogP) is 3.92. The standard InChI is InChI=1S/C22H28ClNO5S/c1-13(20(25)22-10-14-6-15(11-22)8-16(7-14)12-22)29-21(26)18-9-17(4-5-19(18)23)30(27,28)24(2)3/h4-5,9,13-16H,6-8,10-12H2,1-3H3/t13-,14?,15?,16?,22?/m0/s1. The van der Waals surface area contributed by atoms with Crippen LogP contribution in [0, 0.1) is 23.2 Å². The third-order valence-electron chi connectivity index (χ3n) is 7.15. The molecule has 5 rings (SSSR count). The molecule has 1 aromatic carbocycles. The lowest BCUT2D eigenvalue weighted by Crippen LogP contribution is -2.52. The third-order valence-corrected chi connectivity index (χ3v) is 9.29. The van der Waals surface area contributed by atoms with Crippen molar-refractivity contribution < 1.29 is 22.7 Å². The highest BCUT2D eigenvalue weighted by Gasteiger charge is 2.55. The van der Waals surface area contributed by atoms with Crippen molar-refractivity contribution in [2.45, 2.75) is 56.4 Å². The van der Waals surface area contributed by atoms with Crippen LogP contribution >= 0.6 is 11.6 Å². The summed E-state index contributed by atoms with van der Waals surface area (Å²) in [6, 6.07) is 3.92. The number of Topliss-reactive ketones (excluding diaryl/α,β-unsaturated/α-hetero) is 1. The molecule has 6 nitrogen and oxygen atoms in total. The van der Waals surface area contributed by atoms with E-state index in [1.165, 1.54) is 51.6 Å². The minimum Gasteiger partial charge on any atom is -0.451 e. The Hall–Kier alpha value is -1.44. The number of carbonyl (C=O) groups excluding carboxylic acids is 2. The van der Waals surface area contributed by atoms with E-state index < -0.39 is 22.1 Å². The van der Waals surface area contributed by atoms with Gasteiger partial charge in [0, 0.05) is 19.5 Å². The van der Waals surface area contributed by atoms with E-state index in [1.54, 1.807) is 6.92 Å². The van der Waals surface area contributed by atoms with Gasteiger partial charge in [0.15, 0.2) is 11.9 Å². The van der Waals surface area contributed by atoms with Crippen LogP contribution in [0.2, 0.25) is 5.02 Å². The molecular formula is C22H28ClNO5S. The number of hydrogen-bond donors (Lipinski definition) is 0. The Morgan fingerprint density at radius 3 is 2.13 bits per heavy atom. The van der Waals surface area contributed by atoms with Gasteiger partial charge in [-0.3, -0.25) is 4.79 Å². The number of ketones is 1. The molecule has 0 heterocycles. The molecule has 0 spiro atoms. The fourth-order valence-electron chi connectivity index (χ4n) is 6.15. The van der Waals surface area contributed by atoms with E-state index in [0.717, 1.165) is 23.6 Å². The van der Waals surface area contributed by atoms with Crippen molar-refractivity contribution in [2.24, 2.45) is 23.2 Å². The van der Waals surface area contributed by atoms with Gasteiger partial charge in [-0.2, -0.15) is 0 Å². The van der Waals surface area contributed by atoms with Gasteiger partial charge in [0.25, 0.3) is 0 Å². The molecule has 8 heteroatoms. The van der Waals surface area contributed by atoms with Crippen LogP contribution in [0.3, 0.4) is 0 Å². The average Bonchev–Trinajstić information content (AvgIpc) is 2.66. The maximum atomic E-state index is 13.4. The fourth-order valence-corrected chi connectivity index (χ4v) is 7.28. The summed E-state index contributed by atoms with van der Waals surface area (Å²) in [5.74, 6) is 1.07. The number of hydrogen-bond acceptors (Lipinski definition) is 5. The lowest BCUT2D eigenvalue weighted by Gasteiger charge is -2.56. The molecule has 164 valence electrons. The summed E-state index contributed by atoms with van der Waals surface area (Å²) in [6.45, 7) is 1.62. The zero-order valence-electron chi connectivity index (χ0n) is 17.6. The number of sulfonamides is 1. The Bertz CT molecular complexity index is 952. The Labute approximate surface area is 183 Å². The Morgan fingerprint density at radius 1 is 1.10 bits per heavy atom. The predicted molar refractivity (Wildman–Crippen MR) is 113 cm³/mol. The van der Waals surface area contributed by atoms with Crippen molar-refractivity contribution in [2.75, 3.05) is 14.1 Å². The van der Waals surface area contributed by atoms with Gasteiger partial charge in [0.05, 0.1) is 15.5 Å². The zero-order chi connectivity index (χ0) is 21.8. The first-order valence-electron chi connectivity index (χ1n) is 10.5. The average molecular weight is 454 g/mol. The Balaban J connectivity index is 1.52. The van der Waals surface area contributed by atoms with Crippen LogP contribution in [-0.4, -0.2) is 44.7 Å². The first-order chi connectivity index (χ1) is 14.0. The van der Waals surface area contributed by atoms with Gasteiger partial charge in [0.2, 0.25) is 10.0 Å². The number of ether oxygens (including phenoxy) is 1. The number of benzene rings is 1. The van der Waals surface area contributed by atoms with Gasteiger partial charge >= 0.3 is 5.97 Å². The topological polar surface area (TPSA) is 80.8 Å². The first kappa shape index (κ1) is 21.8. The molecular weight excluding hydrogens is 426 g/mol. The molecule has 4 fully saturated rings. The molecule has 0 aromatic heterocycles. The van der Waals surface area contributed by atoms with E-state index in [4.69, 9.17) is 16.3 Å². The summed E-state index contributed by atoms with van der Waals surface area (Å²) in [5, 5.41) is 0.0900. The number of esters is 1. The van der Waals surface area contributed by atoms with E-state index in [-0.39, 0.29) is 26.7 Å². The summed E-state index contributed by atoms with van der Waals surface area (Å²) < 4.78 is 31.3. The van der Waals surface area contributed by atoms with Gasteiger partial charge in [-0.25, -0.2) is 17.5 Å². The van der Waals surface area contributed by atoms with Crippen molar-refractivity contribution >= 4 is 33.4 Å². The lowest BCUT2D eigenvalue weighted by molar-refractivity contribution is -0.152. The maximum Gasteiger partial charge on any atom is 0.340 e. The lowest BCUT2D eigenvalue weighted by atomic mass is 9.48. The van der Waals surface area contributed by atoms with Crippen molar-refractivity contribution in [3.05, 3.63) is 28.8 Å². The van der Waals surface area contributed by atoms with Gasteiger partial charge < -0.3 is 4.74 Å². The molecule has 4 saturated carbocycles. The van der Waals surface area contributed by atoms with E-state index in [9.17, 15) is 18.0 Å². The molecule has 0 radical (unpaired) electrons. The minimum absolute atomic E-state index is 0.00291. The normalized spacial score (nSPS) is 31.0. The second-order valence-corrected chi connectivity index (χ2v) is 12.1. The van der Waals surface area contributed by atoms with Crippen LogP contribution in [0.15, 0.2) is 23.1 Å².